The Hall–Kier alpha value is -1.44. The van der Waals surface area contributed by atoms with Gasteiger partial charge < -0.3 is 4.74 Å². The van der Waals surface area contributed by atoms with Gasteiger partial charge in [-0.1, -0.05) is 15.9 Å². The summed E-state index contributed by atoms with van der Waals surface area (Å²) >= 11 is 3.35. The molecule has 0 aliphatic carbocycles. The van der Waals surface area contributed by atoms with E-state index >= 15 is 0 Å². The van der Waals surface area contributed by atoms with Crippen LogP contribution in [0.15, 0.2) is 52.0 Å². The van der Waals surface area contributed by atoms with E-state index in [1.807, 2.05) is 12.1 Å². The van der Waals surface area contributed by atoms with Crippen LogP contribution in [0.1, 0.15) is 12.8 Å². The van der Waals surface area contributed by atoms with Crippen LogP contribution in [0.25, 0.3) is 0 Å². The number of aromatic nitrogens is 1. The number of halogens is 1. The lowest BCUT2D eigenvalue weighted by molar-refractivity contribution is 0.459. The van der Waals surface area contributed by atoms with Crippen LogP contribution in [0.3, 0.4) is 0 Å². The number of pyridine rings is 1. The van der Waals surface area contributed by atoms with Crippen molar-refractivity contribution in [1.82, 2.24) is 9.29 Å². The van der Waals surface area contributed by atoms with Crippen LogP contribution in [-0.4, -0.2) is 30.8 Å². The van der Waals surface area contributed by atoms with Gasteiger partial charge in [0.2, 0.25) is 15.9 Å². The van der Waals surface area contributed by atoms with Gasteiger partial charge in [0.15, 0.2) is 0 Å². The summed E-state index contributed by atoms with van der Waals surface area (Å²) in [5, 5.41) is 0. The van der Waals surface area contributed by atoms with E-state index in [0.29, 0.717) is 24.7 Å². The smallest absolute Gasteiger partial charge is 0.244 e. The quantitative estimate of drug-likeness (QED) is 0.812. The van der Waals surface area contributed by atoms with Crippen molar-refractivity contribution in [3.63, 3.8) is 0 Å². The molecule has 1 aliphatic rings. The number of hydrogen-bond acceptors (Lipinski definition) is 4. The van der Waals surface area contributed by atoms with Gasteiger partial charge in [0, 0.05) is 23.6 Å². The summed E-state index contributed by atoms with van der Waals surface area (Å²) in [6.07, 6.45) is 3.18. The van der Waals surface area contributed by atoms with Crippen LogP contribution in [0.4, 0.5) is 0 Å². The first-order valence-electron chi connectivity index (χ1n) is 6.95. The fourth-order valence-electron chi connectivity index (χ4n) is 2.28. The van der Waals surface area contributed by atoms with Crippen molar-refractivity contribution in [3.8, 4) is 11.6 Å². The number of nitrogens with zero attached hydrogens (tertiary/aromatic N) is 2. The van der Waals surface area contributed by atoms with Crippen molar-refractivity contribution in [1.29, 1.82) is 0 Å². The summed E-state index contributed by atoms with van der Waals surface area (Å²) < 4.78 is 32.8. The van der Waals surface area contributed by atoms with Crippen molar-refractivity contribution in [3.05, 3.63) is 47.1 Å². The van der Waals surface area contributed by atoms with Gasteiger partial charge in [0.1, 0.15) is 10.6 Å². The molecule has 2 heterocycles. The summed E-state index contributed by atoms with van der Waals surface area (Å²) in [7, 11) is -3.42. The van der Waals surface area contributed by atoms with E-state index in [9.17, 15) is 8.42 Å². The van der Waals surface area contributed by atoms with E-state index in [1.165, 1.54) is 16.6 Å². The van der Waals surface area contributed by atoms with Crippen LogP contribution in [0.2, 0.25) is 0 Å². The molecule has 0 bridgehead atoms. The maximum absolute atomic E-state index is 12.4. The van der Waals surface area contributed by atoms with E-state index in [4.69, 9.17) is 4.74 Å². The molecule has 2 aromatic rings. The molecule has 3 rings (SSSR count). The molecule has 0 spiro atoms. The second kappa shape index (κ2) is 6.36. The zero-order valence-electron chi connectivity index (χ0n) is 11.8. The van der Waals surface area contributed by atoms with E-state index < -0.39 is 10.0 Å². The molecular formula is C15H15BrN2O3S. The van der Waals surface area contributed by atoms with E-state index in [2.05, 4.69) is 20.9 Å². The van der Waals surface area contributed by atoms with Crippen molar-refractivity contribution in [2.45, 2.75) is 17.7 Å². The molecule has 0 unspecified atom stereocenters. The first kappa shape index (κ1) is 15.5. The lowest BCUT2D eigenvalue weighted by Crippen LogP contribution is -2.27. The van der Waals surface area contributed by atoms with Crippen LogP contribution in [0.5, 0.6) is 11.6 Å². The molecule has 0 N–H and O–H groups in total. The molecule has 0 saturated carbocycles. The highest BCUT2D eigenvalue weighted by Crippen LogP contribution is 2.24. The second-order valence-electron chi connectivity index (χ2n) is 5.00. The first-order valence-corrected chi connectivity index (χ1v) is 9.19. The molecule has 7 heteroatoms. The monoisotopic (exact) mass is 382 g/mol. The SMILES string of the molecule is O=S(=O)(c1ccc(Oc2ccc(Br)cc2)nc1)N1CCCC1. The Labute approximate surface area is 138 Å². The predicted octanol–water partition coefficient (Wildman–Crippen LogP) is 3.42. The minimum atomic E-state index is -3.42. The Morgan fingerprint density at radius 1 is 1.05 bits per heavy atom. The average molecular weight is 383 g/mol. The number of sulfonamides is 1. The summed E-state index contributed by atoms with van der Waals surface area (Å²) in [5.74, 6) is 1.01. The number of ether oxygens (including phenoxy) is 1. The molecule has 0 radical (unpaired) electrons. The average Bonchev–Trinajstić information content (AvgIpc) is 3.05. The molecule has 1 aliphatic heterocycles. The van der Waals surface area contributed by atoms with Gasteiger partial charge in [0.25, 0.3) is 0 Å². The topological polar surface area (TPSA) is 59.5 Å². The van der Waals surface area contributed by atoms with Gasteiger partial charge in [0.05, 0.1) is 6.20 Å². The van der Waals surface area contributed by atoms with Crippen molar-refractivity contribution < 1.29 is 13.2 Å². The highest BCUT2D eigenvalue weighted by molar-refractivity contribution is 9.10. The highest BCUT2D eigenvalue weighted by Gasteiger charge is 2.27. The number of rotatable bonds is 4. The Morgan fingerprint density at radius 3 is 2.32 bits per heavy atom. The molecule has 1 fully saturated rings. The second-order valence-corrected chi connectivity index (χ2v) is 7.85. The number of hydrogen-bond donors (Lipinski definition) is 0. The third-order valence-electron chi connectivity index (χ3n) is 3.45. The Bertz CT molecular complexity index is 739. The molecule has 22 heavy (non-hydrogen) atoms. The Balaban J connectivity index is 1.76. The minimum absolute atomic E-state index is 0.206. The van der Waals surface area contributed by atoms with Crippen LogP contribution in [0, 0.1) is 0 Å². The Kier molecular flexibility index (Phi) is 4.46. The van der Waals surface area contributed by atoms with Gasteiger partial charge in [-0.2, -0.15) is 4.31 Å². The number of benzene rings is 1. The standard InChI is InChI=1S/C15H15BrN2O3S/c16-12-3-5-13(6-4-12)21-15-8-7-14(11-17-15)22(19,20)18-9-1-2-10-18/h3-8,11H,1-2,9-10H2. The summed E-state index contributed by atoms with van der Waals surface area (Å²) in [4.78, 5) is 4.30. The van der Waals surface area contributed by atoms with Gasteiger partial charge >= 0.3 is 0 Å². The van der Waals surface area contributed by atoms with Crippen LogP contribution < -0.4 is 4.74 Å². The molecule has 116 valence electrons. The van der Waals surface area contributed by atoms with Gasteiger partial charge in [-0.25, -0.2) is 13.4 Å². The molecule has 0 amide bonds. The summed E-state index contributed by atoms with van der Waals surface area (Å²) in [5.41, 5.74) is 0. The molecule has 1 aromatic carbocycles. The molecule has 0 atom stereocenters. The van der Waals surface area contributed by atoms with Gasteiger partial charge in [-0.05, 0) is 43.2 Å². The first-order chi connectivity index (χ1) is 10.6. The minimum Gasteiger partial charge on any atom is -0.439 e. The van der Waals surface area contributed by atoms with Crippen molar-refractivity contribution in [2.75, 3.05) is 13.1 Å². The van der Waals surface area contributed by atoms with Crippen LogP contribution in [-0.2, 0) is 10.0 Å². The van der Waals surface area contributed by atoms with Crippen LogP contribution >= 0.6 is 15.9 Å². The molecule has 1 aromatic heterocycles. The Morgan fingerprint density at radius 2 is 1.73 bits per heavy atom. The fraction of sp³-hybridized carbons (Fsp3) is 0.267. The zero-order chi connectivity index (χ0) is 15.6. The summed E-state index contributed by atoms with van der Waals surface area (Å²) in [6, 6.07) is 10.4. The van der Waals surface area contributed by atoms with Gasteiger partial charge in [-0.15, -0.1) is 0 Å². The van der Waals surface area contributed by atoms with E-state index in [1.54, 1.807) is 18.2 Å². The third kappa shape index (κ3) is 3.31. The highest BCUT2D eigenvalue weighted by atomic mass is 79.9. The summed E-state index contributed by atoms with van der Waals surface area (Å²) in [6.45, 7) is 1.17. The zero-order valence-corrected chi connectivity index (χ0v) is 14.2. The third-order valence-corrected chi connectivity index (χ3v) is 5.86. The normalized spacial score (nSPS) is 15.9. The van der Waals surface area contributed by atoms with Gasteiger partial charge in [-0.3, -0.25) is 0 Å². The lowest BCUT2D eigenvalue weighted by atomic mass is 10.3. The molecular weight excluding hydrogens is 368 g/mol. The largest absolute Gasteiger partial charge is 0.439 e. The predicted molar refractivity (Wildman–Crippen MR) is 86.4 cm³/mol. The van der Waals surface area contributed by atoms with Crippen molar-refractivity contribution in [2.24, 2.45) is 0 Å². The molecule has 5 nitrogen and oxygen atoms in total. The van der Waals surface area contributed by atoms with E-state index in [0.717, 1.165) is 17.3 Å². The maximum Gasteiger partial charge on any atom is 0.244 e. The maximum atomic E-state index is 12.4. The van der Waals surface area contributed by atoms with Crippen molar-refractivity contribution >= 4 is 26.0 Å². The fourth-order valence-corrected chi connectivity index (χ4v) is 4.01. The molecule has 1 saturated heterocycles. The van der Waals surface area contributed by atoms with E-state index in [-0.39, 0.29) is 4.90 Å². The lowest BCUT2D eigenvalue weighted by Gasteiger charge is -2.15.